The van der Waals surface area contributed by atoms with Crippen molar-refractivity contribution in [3.8, 4) is 17.1 Å². The van der Waals surface area contributed by atoms with Crippen molar-refractivity contribution in [2.45, 2.75) is 53.2 Å². The summed E-state index contributed by atoms with van der Waals surface area (Å²) >= 11 is 0. The summed E-state index contributed by atoms with van der Waals surface area (Å²) in [5.74, 6) is 1.67. The van der Waals surface area contributed by atoms with Crippen molar-refractivity contribution in [1.82, 2.24) is 15.5 Å². The van der Waals surface area contributed by atoms with Crippen LogP contribution in [0.25, 0.3) is 11.4 Å². The number of amides is 1. The second-order valence-corrected chi connectivity index (χ2v) is 7.50. The molecule has 3 rings (SSSR count). The van der Waals surface area contributed by atoms with Crippen LogP contribution < -0.4 is 10.1 Å². The minimum Gasteiger partial charge on any atom is -0.481 e. The lowest BCUT2D eigenvalue weighted by Crippen LogP contribution is -2.36. The predicted octanol–water partition coefficient (Wildman–Crippen LogP) is 4.56. The standard InChI is InChI=1S/C23H27N3O3/c1-14(2)18-11-10-15(3)12-20(18)28-17(5)23(27)24-13-21-25-22(26-29-21)19-9-7-6-8-16(19)4/h6-12,14,17H,13H2,1-5H3,(H,24,27)/t17-/m0/s1. The van der Waals surface area contributed by atoms with Crippen molar-refractivity contribution in [1.29, 1.82) is 0 Å². The van der Waals surface area contributed by atoms with E-state index in [1.807, 2.05) is 50.2 Å². The maximum Gasteiger partial charge on any atom is 0.261 e. The summed E-state index contributed by atoms with van der Waals surface area (Å²) in [6.07, 6.45) is -0.645. The molecule has 0 unspecified atom stereocenters. The molecule has 0 radical (unpaired) electrons. The summed E-state index contributed by atoms with van der Waals surface area (Å²) < 4.78 is 11.2. The van der Waals surface area contributed by atoms with E-state index >= 15 is 0 Å². The summed E-state index contributed by atoms with van der Waals surface area (Å²) in [7, 11) is 0. The highest BCUT2D eigenvalue weighted by Gasteiger charge is 2.19. The monoisotopic (exact) mass is 393 g/mol. The van der Waals surface area contributed by atoms with Gasteiger partial charge in [0, 0.05) is 5.56 Å². The molecule has 0 saturated carbocycles. The minimum atomic E-state index is -0.645. The summed E-state index contributed by atoms with van der Waals surface area (Å²) in [5, 5.41) is 6.81. The van der Waals surface area contributed by atoms with Gasteiger partial charge >= 0.3 is 0 Å². The fourth-order valence-electron chi connectivity index (χ4n) is 3.03. The SMILES string of the molecule is Cc1ccc(C(C)C)c(O[C@@H](C)C(=O)NCc2nc(-c3ccccc3C)no2)c1. The lowest BCUT2D eigenvalue weighted by molar-refractivity contribution is -0.127. The van der Waals surface area contributed by atoms with Gasteiger partial charge < -0.3 is 14.6 Å². The quantitative estimate of drug-likeness (QED) is 0.637. The maximum atomic E-state index is 12.5. The summed E-state index contributed by atoms with van der Waals surface area (Å²) in [6, 6.07) is 13.9. The zero-order chi connectivity index (χ0) is 21.0. The number of ether oxygens (including phenoxy) is 1. The fraction of sp³-hybridized carbons (Fsp3) is 0.348. The molecule has 1 aromatic heterocycles. The van der Waals surface area contributed by atoms with Gasteiger partial charge in [-0.25, -0.2) is 0 Å². The van der Waals surface area contributed by atoms with Gasteiger partial charge in [-0.05, 0) is 49.4 Å². The van der Waals surface area contributed by atoms with Crippen LogP contribution in [0.3, 0.4) is 0 Å². The van der Waals surface area contributed by atoms with Gasteiger partial charge in [0.15, 0.2) is 6.10 Å². The van der Waals surface area contributed by atoms with E-state index in [2.05, 4.69) is 35.4 Å². The van der Waals surface area contributed by atoms with Crippen LogP contribution in [0.4, 0.5) is 0 Å². The normalized spacial score (nSPS) is 12.1. The smallest absolute Gasteiger partial charge is 0.261 e. The zero-order valence-corrected chi connectivity index (χ0v) is 17.5. The van der Waals surface area contributed by atoms with Crippen LogP contribution in [0.1, 0.15) is 49.3 Å². The highest BCUT2D eigenvalue weighted by Crippen LogP contribution is 2.28. The van der Waals surface area contributed by atoms with Gasteiger partial charge in [0.05, 0.1) is 6.54 Å². The molecule has 0 aliphatic carbocycles. The third-order valence-electron chi connectivity index (χ3n) is 4.73. The minimum absolute atomic E-state index is 0.149. The number of nitrogens with zero attached hydrogens (tertiary/aromatic N) is 2. The highest BCUT2D eigenvalue weighted by atomic mass is 16.5. The molecule has 0 aliphatic heterocycles. The largest absolute Gasteiger partial charge is 0.481 e. The lowest BCUT2D eigenvalue weighted by atomic mass is 10.0. The molecule has 29 heavy (non-hydrogen) atoms. The van der Waals surface area contributed by atoms with E-state index in [4.69, 9.17) is 9.26 Å². The Kier molecular flexibility index (Phi) is 6.32. The van der Waals surface area contributed by atoms with Gasteiger partial charge in [-0.3, -0.25) is 4.79 Å². The number of nitrogens with one attached hydrogen (secondary N) is 1. The first-order valence-corrected chi connectivity index (χ1v) is 9.78. The topological polar surface area (TPSA) is 77.2 Å². The molecule has 1 heterocycles. The second kappa shape index (κ2) is 8.90. The molecule has 0 aliphatic rings. The van der Waals surface area contributed by atoms with E-state index in [-0.39, 0.29) is 12.5 Å². The lowest BCUT2D eigenvalue weighted by Gasteiger charge is -2.19. The van der Waals surface area contributed by atoms with Crippen LogP contribution in [0.5, 0.6) is 5.75 Å². The van der Waals surface area contributed by atoms with Gasteiger partial charge in [0.25, 0.3) is 5.91 Å². The van der Waals surface area contributed by atoms with E-state index in [1.54, 1.807) is 6.92 Å². The Hall–Kier alpha value is -3.15. The molecule has 1 N–H and O–H groups in total. The summed E-state index contributed by atoms with van der Waals surface area (Å²) in [5.41, 5.74) is 4.14. The van der Waals surface area contributed by atoms with Gasteiger partial charge in [0.1, 0.15) is 5.75 Å². The Bertz CT molecular complexity index is 995. The first-order chi connectivity index (χ1) is 13.8. The van der Waals surface area contributed by atoms with Crippen molar-refractivity contribution < 1.29 is 14.1 Å². The molecule has 6 heteroatoms. The number of benzene rings is 2. The molecular formula is C23H27N3O3. The number of aromatic nitrogens is 2. The zero-order valence-electron chi connectivity index (χ0n) is 17.5. The van der Waals surface area contributed by atoms with Gasteiger partial charge in [-0.1, -0.05) is 55.4 Å². The number of carbonyl (C=O) groups excluding carboxylic acids is 1. The summed E-state index contributed by atoms with van der Waals surface area (Å²) in [6.45, 7) is 10.1. The van der Waals surface area contributed by atoms with Crippen molar-refractivity contribution in [3.05, 3.63) is 65.0 Å². The maximum absolute atomic E-state index is 12.5. The van der Waals surface area contributed by atoms with E-state index in [1.165, 1.54) is 0 Å². The third-order valence-corrected chi connectivity index (χ3v) is 4.73. The number of carbonyl (C=O) groups is 1. The van der Waals surface area contributed by atoms with Crippen LogP contribution in [0.2, 0.25) is 0 Å². The van der Waals surface area contributed by atoms with Crippen molar-refractivity contribution in [2.24, 2.45) is 0 Å². The molecule has 6 nitrogen and oxygen atoms in total. The van der Waals surface area contributed by atoms with Crippen molar-refractivity contribution in [3.63, 3.8) is 0 Å². The average molecular weight is 393 g/mol. The van der Waals surface area contributed by atoms with Crippen LogP contribution in [0, 0.1) is 13.8 Å². The van der Waals surface area contributed by atoms with Crippen LogP contribution in [0.15, 0.2) is 47.0 Å². The van der Waals surface area contributed by atoms with Gasteiger partial charge in [-0.15, -0.1) is 0 Å². The molecule has 2 aromatic carbocycles. The van der Waals surface area contributed by atoms with E-state index in [0.717, 1.165) is 28.0 Å². The number of rotatable bonds is 7. The Morgan fingerprint density at radius 2 is 1.90 bits per heavy atom. The second-order valence-electron chi connectivity index (χ2n) is 7.50. The van der Waals surface area contributed by atoms with Gasteiger partial charge in [0.2, 0.25) is 11.7 Å². The number of aryl methyl sites for hydroxylation is 2. The molecule has 0 spiro atoms. The van der Waals surface area contributed by atoms with E-state index < -0.39 is 6.10 Å². The Labute approximate surface area is 171 Å². The molecule has 0 saturated heterocycles. The van der Waals surface area contributed by atoms with Crippen LogP contribution in [-0.2, 0) is 11.3 Å². The number of hydrogen-bond acceptors (Lipinski definition) is 5. The van der Waals surface area contributed by atoms with Crippen molar-refractivity contribution >= 4 is 5.91 Å². The first-order valence-electron chi connectivity index (χ1n) is 9.78. The highest BCUT2D eigenvalue weighted by molar-refractivity contribution is 5.80. The molecule has 0 fully saturated rings. The van der Waals surface area contributed by atoms with Crippen LogP contribution in [-0.4, -0.2) is 22.2 Å². The molecule has 3 aromatic rings. The molecule has 1 atom stereocenters. The van der Waals surface area contributed by atoms with Crippen LogP contribution >= 0.6 is 0 Å². The first kappa shape index (κ1) is 20.6. The predicted molar refractivity (Wildman–Crippen MR) is 112 cm³/mol. The third kappa shape index (κ3) is 5.02. The molecule has 152 valence electrons. The van der Waals surface area contributed by atoms with Crippen molar-refractivity contribution in [2.75, 3.05) is 0 Å². The molecule has 1 amide bonds. The van der Waals surface area contributed by atoms with E-state index in [0.29, 0.717) is 17.6 Å². The average Bonchev–Trinajstić information content (AvgIpc) is 3.15. The number of hydrogen-bond donors (Lipinski definition) is 1. The molecule has 0 bridgehead atoms. The Balaban J connectivity index is 1.62. The fourth-order valence-corrected chi connectivity index (χ4v) is 3.03. The summed E-state index contributed by atoms with van der Waals surface area (Å²) in [4.78, 5) is 16.9. The van der Waals surface area contributed by atoms with Gasteiger partial charge in [-0.2, -0.15) is 4.98 Å². The van der Waals surface area contributed by atoms with E-state index in [9.17, 15) is 4.79 Å². The Morgan fingerprint density at radius 1 is 1.14 bits per heavy atom. The molecular weight excluding hydrogens is 366 g/mol. The Morgan fingerprint density at radius 3 is 2.62 bits per heavy atom.